The number of anilines is 2. The Balaban J connectivity index is 1.71. The molecule has 1 aliphatic heterocycles. The number of thioether (sulfide) groups is 1. The lowest BCUT2D eigenvalue weighted by Gasteiger charge is -2.19. The van der Waals surface area contributed by atoms with Gasteiger partial charge in [-0.3, -0.25) is 14.5 Å². The minimum atomic E-state index is -0.539. The number of carbonyl (C=O) groups excluding carboxylic acids is 2. The summed E-state index contributed by atoms with van der Waals surface area (Å²) in [5, 5.41) is 12.6. The summed E-state index contributed by atoms with van der Waals surface area (Å²) in [4.78, 5) is 28.1. The monoisotopic (exact) mass is 531 g/mol. The minimum absolute atomic E-state index is 0.0854. The Bertz CT molecular complexity index is 1290. The van der Waals surface area contributed by atoms with Crippen LogP contribution in [0.4, 0.5) is 11.4 Å². The molecule has 1 saturated heterocycles. The second-order valence-electron chi connectivity index (χ2n) is 8.06. The average Bonchev–Trinajstić information content (AvgIpc) is 3.13. The van der Waals surface area contributed by atoms with Crippen molar-refractivity contribution in [2.75, 3.05) is 10.2 Å². The second-order valence-corrected chi connectivity index (χ2v) is 10.2. The molecule has 34 heavy (non-hydrogen) atoms. The molecule has 1 atom stereocenters. The number of rotatable bonds is 5. The molecule has 0 radical (unpaired) electrons. The van der Waals surface area contributed by atoms with E-state index in [-0.39, 0.29) is 11.5 Å². The van der Waals surface area contributed by atoms with E-state index in [4.69, 9.17) is 0 Å². The van der Waals surface area contributed by atoms with E-state index in [1.807, 2.05) is 80.6 Å². The van der Waals surface area contributed by atoms with Crippen LogP contribution in [0.2, 0.25) is 0 Å². The van der Waals surface area contributed by atoms with Crippen molar-refractivity contribution in [2.24, 2.45) is 0 Å². The first-order chi connectivity index (χ1) is 16.4. The Morgan fingerprint density at radius 2 is 1.59 bits per heavy atom. The highest BCUT2D eigenvalue weighted by Crippen LogP contribution is 2.42. The molecule has 0 spiro atoms. The van der Waals surface area contributed by atoms with Gasteiger partial charge < -0.3 is 5.32 Å². The maximum atomic E-state index is 13.5. The van der Waals surface area contributed by atoms with Gasteiger partial charge in [0.1, 0.15) is 16.7 Å². The summed E-state index contributed by atoms with van der Waals surface area (Å²) >= 11 is 4.69. The van der Waals surface area contributed by atoms with Crippen molar-refractivity contribution in [3.05, 3.63) is 105 Å². The second kappa shape index (κ2) is 10.3. The minimum Gasteiger partial charge on any atom is -0.321 e. The summed E-state index contributed by atoms with van der Waals surface area (Å²) in [6, 6.07) is 24.7. The molecule has 7 heteroatoms. The third-order valence-corrected chi connectivity index (χ3v) is 7.23. The number of halogens is 1. The maximum absolute atomic E-state index is 13.5. The topological polar surface area (TPSA) is 73.2 Å². The Hall–Kier alpha value is -3.34. The fourth-order valence-corrected chi connectivity index (χ4v) is 5.15. The number of amides is 2. The molecule has 1 heterocycles. The predicted molar refractivity (Wildman–Crippen MR) is 140 cm³/mol. The highest BCUT2D eigenvalue weighted by Gasteiger charge is 2.40. The Morgan fingerprint density at radius 1 is 1.00 bits per heavy atom. The number of hydrogen-bond donors (Lipinski definition) is 1. The summed E-state index contributed by atoms with van der Waals surface area (Å²) in [6.07, 6.45) is 0.487. The summed E-state index contributed by atoms with van der Waals surface area (Å²) in [7, 11) is 0. The fourth-order valence-electron chi connectivity index (χ4n) is 3.58. The molecule has 1 fully saturated rings. The average molecular weight is 532 g/mol. The van der Waals surface area contributed by atoms with E-state index in [9.17, 15) is 14.9 Å². The Morgan fingerprint density at radius 3 is 2.18 bits per heavy atom. The highest BCUT2D eigenvalue weighted by atomic mass is 79.9. The van der Waals surface area contributed by atoms with Crippen LogP contribution in [0.1, 0.15) is 16.7 Å². The van der Waals surface area contributed by atoms with Gasteiger partial charge in [0.15, 0.2) is 0 Å². The molecule has 0 aromatic heterocycles. The van der Waals surface area contributed by atoms with E-state index in [2.05, 4.69) is 21.2 Å². The normalized spacial score (nSPS) is 16.8. The first-order valence-electron chi connectivity index (χ1n) is 10.7. The molecule has 3 aromatic carbocycles. The van der Waals surface area contributed by atoms with Crippen molar-refractivity contribution in [3.8, 4) is 6.07 Å². The molecular weight excluding hydrogens is 510 g/mol. The third-order valence-electron chi connectivity index (χ3n) is 5.44. The van der Waals surface area contributed by atoms with Gasteiger partial charge in [-0.2, -0.15) is 5.26 Å². The third kappa shape index (κ3) is 5.24. The van der Waals surface area contributed by atoms with Crippen LogP contribution in [0.3, 0.4) is 0 Å². The maximum Gasteiger partial charge on any atom is 0.269 e. The summed E-state index contributed by atoms with van der Waals surface area (Å²) in [5.41, 5.74) is 4.26. The van der Waals surface area contributed by atoms with Gasteiger partial charge in [-0.05, 0) is 62.2 Å². The molecule has 5 nitrogen and oxygen atoms in total. The zero-order valence-electron chi connectivity index (χ0n) is 18.7. The van der Waals surface area contributed by atoms with Crippen LogP contribution >= 0.6 is 27.7 Å². The van der Waals surface area contributed by atoms with E-state index in [0.717, 1.165) is 21.2 Å². The van der Waals surface area contributed by atoms with Crippen molar-refractivity contribution in [1.82, 2.24) is 0 Å². The van der Waals surface area contributed by atoms with Crippen molar-refractivity contribution < 1.29 is 9.59 Å². The van der Waals surface area contributed by atoms with E-state index >= 15 is 0 Å². The van der Waals surface area contributed by atoms with Crippen LogP contribution in [-0.2, 0) is 16.0 Å². The number of hydrogen-bond acceptors (Lipinski definition) is 4. The summed E-state index contributed by atoms with van der Waals surface area (Å²) < 4.78 is 0.961. The molecule has 4 rings (SSSR count). The molecule has 1 aliphatic rings. The quantitative estimate of drug-likeness (QED) is 0.317. The van der Waals surface area contributed by atoms with Gasteiger partial charge in [-0.15, -0.1) is 0 Å². The number of carbonyl (C=O) groups is 2. The van der Waals surface area contributed by atoms with Gasteiger partial charge in [-0.25, -0.2) is 0 Å². The number of aryl methyl sites for hydroxylation is 2. The molecule has 1 unspecified atom stereocenters. The number of nitrogens with one attached hydrogen (secondary N) is 1. The lowest BCUT2D eigenvalue weighted by Crippen LogP contribution is -2.30. The first kappa shape index (κ1) is 23.8. The molecule has 0 bridgehead atoms. The Kier molecular flexibility index (Phi) is 7.20. The largest absolute Gasteiger partial charge is 0.321 e. The van der Waals surface area contributed by atoms with E-state index < -0.39 is 11.2 Å². The van der Waals surface area contributed by atoms with E-state index in [1.165, 1.54) is 16.7 Å². The first-order valence-corrected chi connectivity index (χ1v) is 12.4. The molecule has 3 aromatic rings. The van der Waals surface area contributed by atoms with Gasteiger partial charge in [0.2, 0.25) is 5.91 Å². The molecule has 1 N–H and O–H groups in total. The van der Waals surface area contributed by atoms with Crippen molar-refractivity contribution >= 4 is 50.9 Å². The lowest BCUT2D eigenvalue weighted by atomic mass is 10.1. The van der Waals surface area contributed by atoms with Gasteiger partial charge in [-0.1, -0.05) is 75.2 Å². The predicted octanol–water partition coefficient (Wildman–Crippen LogP) is 6.13. The fraction of sp³-hybridized carbons (Fsp3) is 0.148. The zero-order valence-corrected chi connectivity index (χ0v) is 21.1. The Labute approximate surface area is 211 Å². The van der Waals surface area contributed by atoms with Crippen LogP contribution in [0, 0.1) is 25.2 Å². The summed E-state index contributed by atoms with van der Waals surface area (Å²) in [6.45, 7) is 3.92. The number of benzene rings is 3. The van der Waals surface area contributed by atoms with Crippen molar-refractivity contribution in [2.45, 2.75) is 25.5 Å². The highest BCUT2D eigenvalue weighted by molar-refractivity contribution is 9.10. The van der Waals surface area contributed by atoms with E-state index in [0.29, 0.717) is 22.8 Å². The zero-order chi connectivity index (χ0) is 24.2. The van der Waals surface area contributed by atoms with Gasteiger partial charge in [0.05, 0.1) is 5.25 Å². The number of nitrogens with zero attached hydrogens (tertiary/aromatic N) is 2. The van der Waals surface area contributed by atoms with Crippen LogP contribution in [0.15, 0.2) is 87.9 Å². The standard InChI is InChI=1S/C27H22BrN3O2S/c1-17-3-11-21(12-4-17)30-25(32)23(16-29)27-31(22-13-5-18(2)6-14-22)26(33)24(34-27)15-19-7-9-20(28)10-8-19/h3-14,24H,15H2,1-2H3,(H,30,32). The van der Waals surface area contributed by atoms with Crippen LogP contribution in [0.5, 0.6) is 0 Å². The number of nitriles is 1. The lowest BCUT2D eigenvalue weighted by molar-refractivity contribution is -0.117. The van der Waals surface area contributed by atoms with Crippen LogP contribution in [0.25, 0.3) is 0 Å². The van der Waals surface area contributed by atoms with Gasteiger partial charge in [0.25, 0.3) is 5.91 Å². The summed E-state index contributed by atoms with van der Waals surface area (Å²) in [5.74, 6) is -0.689. The van der Waals surface area contributed by atoms with Crippen LogP contribution in [-0.4, -0.2) is 17.1 Å². The van der Waals surface area contributed by atoms with Crippen LogP contribution < -0.4 is 10.2 Å². The van der Waals surface area contributed by atoms with Crippen molar-refractivity contribution in [3.63, 3.8) is 0 Å². The van der Waals surface area contributed by atoms with Gasteiger partial charge in [0, 0.05) is 15.8 Å². The smallest absolute Gasteiger partial charge is 0.269 e. The van der Waals surface area contributed by atoms with Crippen molar-refractivity contribution in [1.29, 1.82) is 5.26 Å². The molecule has 0 saturated carbocycles. The van der Waals surface area contributed by atoms with E-state index in [1.54, 1.807) is 12.1 Å². The SMILES string of the molecule is Cc1ccc(NC(=O)C(C#N)=C2SC(Cc3ccc(Br)cc3)C(=O)N2c2ccc(C)cc2)cc1. The van der Waals surface area contributed by atoms with Gasteiger partial charge >= 0.3 is 0 Å². The molecule has 0 aliphatic carbocycles. The molecular formula is C27H22BrN3O2S. The molecule has 170 valence electrons. The molecule has 2 amide bonds.